The number of benzene rings is 1. The minimum absolute atomic E-state index is 0.224. The molecule has 0 unspecified atom stereocenters. The predicted octanol–water partition coefficient (Wildman–Crippen LogP) is 5.90. The summed E-state index contributed by atoms with van der Waals surface area (Å²) in [4.78, 5) is 14.4. The van der Waals surface area contributed by atoms with Crippen LogP contribution >= 0.6 is 11.6 Å². The third kappa shape index (κ3) is 6.12. The van der Waals surface area contributed by atoms with Gasteiger partial charge < -0.3 is 9.64 Å². The molecule has 0 saturated carbocycles. The Balaban J connectivity index is 2.29. The first-order valence-electron chi connectivity index (χ1n) is 9.51. The van der Waals surface area contributed by atoms with E-state index in [1.807, 2.05) is 56.3 Å². The van der Waals surface area contributed by atoms with Crippen molar-refractivity contribution in [3.05, 3.63) is 58.9 Å². The molecular formula is C22H29ClN4O2. The zero-order chi connectivity index (χ0) is 21.6. The molecule has 1 aromatic heterocycles. The lowest BCUT2D eigenvalue weighted by Gasteiger charge is -2.19. The summed E-state index contributed by atoms with van der Waals surface area (Å²) < 4.78 is 7.04. The van der Waals surface area contributed by atoms with Crippen LogP contribution in [0.5, 0.6) is 5.75 Å². The fourth-order valence-corrected chi connectivity index (χ4v) is 2.68. The number of halogens is 1. The molecule has 1 N–H and O–H groups in total. The van der Waals surface area contributed by atoms with Gasteiger partial charge in [-0.1, -0.05) is 43.7 Å². The molecule has 6 nitrogen and oxygen atoms in total. The summed E-state index contributed by atoms with van der Waals surface area (Å²) in [6.07, 6.45) is 4.51. The lowest BCUT2D eigenvalue weighted by Crippen LogP contribution is -2.30. The number of hydrogen-bond donors (Lipinski definition) is 1. The molecule has 0 spiro atoms. The summed E-state index contributed by atoms with van der Waals surface area (Å²) in [7, 11) is 3.35. The van der Waals surface area contributed by atoms with Gasteiger partial charge in [-0.15, -0.1) is 0 Å². The quantitative estimate of drug-likeness (QED) is 0.610. The summed E-state index contributed by atoms with van der Waals surface area (Å²) in [5.74, 6) is 1.55. The fraction of sp³-hybridized carbons (Fsp3) is 0.364. The second-order valence-electron chi connectivity index (χ2n) is 7.08. The average molecular weight is 417 g/mol. The van der Waals surface area contributed by atoms with Crippen molar-refractivity contribution in [3.63, 3.8) is 0 Å². The zero-order valence-corrected chi connectivity index (χ0v) is 18.6. The molecule has 2 amide bonds. The van der Waals surface area contributed by atoms with Crippen molar-refractivity contribution in [1.29, 1.82) is 0 Å². The molecule has 2 aromatic rings. The number of nitrogens with one attached hydrogen (secondary N) is 1. The molecule has 0 saturated heterocycles. The maximum absolute atomic E-state index is 12.8. The Labute approximate surface area is 177 Å². The van der Waals surface area contributed by atoms with Crippen LogP contribution in [0, 0.1) is 0 Å². The van der Waals surface area contributed by atoms with Crippen molar-refractivity contribution in [2.45, 2.75) is 40.0 Å². The van der Waals surface area contributed by atoms with Gasteiger partial charge in [-0.3, -0.25) is 5.32 Å². The van der Waals surface area contributed by atoms with Crippen molar-refractivity contribution in [1.82, 2.24) is 14.7 Å². The third-order valence-electron chi connectivity index (χ3n) is 4.50. The summed E-state index contributed by atoms with van der Waals surface area (Å²) >= 11 is 5.86. The van der Waals surface area contributed by atoms with Crippen LogP contribution in [0.25, 0.3) is 5.69 Å². The van der Waals surface area contributed by atoms with Gasteiger partial charge in [0.1, 0.15) is 11.6 Å². The molecular weight excluding hydrogens is 388 g/mol. The van der Waals surface area contributed by atoms with Gasteiger partial charge in [0, 0.05) is 29.9 Å². The smallest absolute Gasteiger partial charge is 0.326 e. The molecule has 0 fully saturated rings. The first kappa shape index (κ1) is 22.6. The van der Waals surface area contributed by atoms with E-state index >= 15 is 0 Å². The van der Waals surface area contributed by atoms with E-state index in [0.717, 1.165) is 27.9 Å². The van der Waals surface area contributed by atoms with Crippen molar-refractivity contribution in [2.75, 3.05) is 19.5 Å². The Bertz CT molecular complexity index is 911. The molecule has 0 atom stereocenters. The normalized spacial score (nSPS) is 12.3. The third-order valence-corrected chi connectivity index (χ3v) is 4.65. The number of allylic oxidation sites excluding steroid dienone is 4. The number of carbonyl (C=O) groups excluding carboxylic acids is 1. The number of ether oxygens (including phenoxy) is 1. The highest BCUT2D eigenvalue weighted by molar-refractivity contribution is 6.29. The molecule has 156 valence electrons. The van der Waals surface area contributed by atoms with E-state index in [1.54, 1.807) is 23.7 Å². The van der Waals surface area contributed by atoms with Crippen LogP contribution in [0.3, 0.4) is 0 Å². The molecule has 0 aliphatic rings. The lowest BCUT2D eigenvalue weighted by atomic mass is 10.1. The minimum atomic E-state index is -0.246. The fourth-order valence-electron chi connectivity index (χ4n) is 2.59. The maximum Gasteiger partial charge on any atom is 0.326 e. The molecule has 0 aliphatic heterocycles. The summed E-state index contributed by atoms with van der Waals surface area (Å²) in [6.45, 7) is 7.84. The van der Waals surface area contributed by atoms with Gasteiger partial charge in [0.2, 0.25) is 0 Å². The summed E-state index contributed by atoms with van der Waals surface area (Å²) in [5, 5.41) is 8.36. The first-order valence-corrected chi connectivity index (χ1v) is 9.88. The van der Waals surface area contributed by atoms with Gasteiger partial charge in [0.05, 0.1) is 18.5 Å². The Kier molecular flexibility index (Phi) is 7.91. The van der Waals surface area contributed by atoms with E-state index in [0.29, 0.717) is 12.2 Å². The predicted molar refractivity (Wildman–Crippen MR) is 119 cm³/mol. The second kappa shape index (κ2) is 10.2. The second-order valence-corrected chi connectivity index (χ2v) is 7.68. The molecule has 1 aromatic carbocycles. The molecule has 0 radical (unpaired) electrons. The molecule has 2 rings (SSSR count). The number of methoxy groups -OCH3 is 1. The summed E-state index contributed by atoms with van der Waals surface area (Å²) in [6, 6.07) is 9.21. The number of aromatic nitrogens is 2. The van der Waals surface area contributed by atoms with Crippen molar-refractivity contribution in [3.8, 4) is 11.4 Å². The van der Waals surface area contributed by atoms with Gasteiger partial charge in [-0.05, 0) is 38.3 Å². The van der Waals surface area contributed by atoms with E-state index in [-0.39, 0.29) is 11.9 Å². The van der Waals surface area contributed by atoms with Gasteiger partial charge >= 0.3 is 6.03 Å². The van der Waals surface area contributed by atoms with Crippen LogP contribution in [-0.4, -0.2) is 34.9 Å². The van der Waals surface area contributed by atoms with Crippen LogP contribution in [0.1, 0.15) is 45.7 Å². The van der Waals surface area contributed by atoms with E-state index < -0.39 is 0 Å². The Morgan fingerprint density at radius 1 is 1.31 bits per heavy atom. The van der Waals surface area contributed by atoms with Crippen molar-refractivity contribution in [2.24, 2.45) is 0 Å². The van der Waals surface area contributed by atoms with Crippen LogP contribution in [0.15, 0.2) is 53.2 Å². The number of rotatable bonds is 7. The van der Waals surface area contributed by atoms with Crippen LogP contribution in [-0.2, 0) is 0 Å². The Hall–Kier alpha value is -2.73. The van der Waals surface area contributed by atoms with Gasteiger partial charge in [-0.25, -0.2) is 9.48 Å². The van der Waals surface area contributed by atoms with E-state index in [2.05, 4.69) is 24.3 Å². The van der Waals surface area contributed by atoms with E-state index in [9.17, 15) is 4.79 Å². The first-order chi connectivity index (χ1) is 13.7. The standard InChI is InChI=1S/C22H29ClN4O2/c1-15(2)20-14-21(27(25-20)18-11-8-12-19(13-18)29-6)24-22(28)26(5)17(4)10-7-9-16(3)23/h8-15H,7H2,1-6H3,(H,24,28)/b16-9+,17-10+. The number of urea groups is 1. The zero-order valence-electron chi connectivity index (χ0n) is 17.9. The molecule has 1 heterocycles. The van der Waals surface area contributed by atoms with Crippen molar-refractivity contribution >= 4 is 23.4 Å². The largest absolute Gasteiger partial charge is 0.497 e. The highest BCUT2D eigenvalue weighted by Gasteiger charge is 2.17. The Morgan fingerprint density at radius 3 is 2.66 bits per heavy atom. The minimum Gasteiger partial charge on any atom is -0.497 e. The number of hydrogen-bond acceptors (Lipinski definition) is 3. The van der Waals surface area contributed by atoms with Crippen LogP contribution in [0.2, 0.25) is 0 Å². The monoisotopic (exact) mass is 416 g/mol. The van der Waals surface area contributed by atoms with E-state index in [1.165, 1.54) is 0 Å². The Morgan fingerprint density at radius 2 is 2.03 bits per heavy atom. The average Bonchev–Trinajstić information content (AvgIpc) is 3.11. The highest BCUT2D eigenvalue weighted by atomic mass is 35.5. The van der Waals surface area contributed by atoms with Crippen molar-refractivity contribution < 1.29 is 9.53 Å². The molecule has 0 aliphatic carbocycles. The summed E-state index contributed by atoms with van der Waals surface area (Å²) in [5.41, 5.74) is 2.53. The van der Waals surface area contributed by atoms with E-state index in [4.69, 9.17) is 16.3 Å². The van der Waals surface area contributed by atoms with Gasteiger partial charge in [0.15, 0.2) is 0 Å². The lowest BCUT2D eigenvalue weighted by molar-refractivity contribution is 0.232. The maximum atomic E-state index is 12.8. The molecule has 0 bridgehead atoms. The van der Waals surface area contributed by atoms with Gasteiger partial charge in [0.25, 0.3) is 0 Å². The number of carbonyl (C=O) groups is 1. The van der Waals surface area contributed by atoms with Crippen LogP contribution < -0.4 is 10.1 Å². The highest BCUT2D eigenvalue weighted by Crippen LogP contribution is 2.24. The SMILES string of the molecule is COc1cccc(-n2nc(C(C)C)cc2NC(=O)N(C)/C(C)=C/C/C=C(\C)Cl)c1. The topological polar surface area (TPSA) is 59.4 Å². The van der Waals surface area contributed by atoms with Crippen LogP contribution in [0.4, 0.5) is 10.6 Å². The number of amides is 2. The number of nitrogens with zero attached hydrogens (tertiary/aromatic N) is 3. The molecule has 29 heavy (non-hydrogen) atoms. The van der Waals surface area contributed by atoms with Gasteiger partial charge in [-0.2, -0.15) is 5.10 Å². The number of anilines is 1. The molecule has 7 heteroatoms.